The zero-order chi connectivity index (χ0) is 10.6. The Bertz CT molecular complexity index is 303. The molecule has 1 aliphatic heterocycles. The lowest BCUT2D eigenvalue weighted by Crippen LogP contribution is -2.32. The van der Waals surface area contributed by atoms with Gasteiger partial charge in [0.25, 0.3) is 0 Å². The van der Waals surface area contributed by atoms with E-state index in [9.17, 15) is 0 Å². The molecule has 0 amide bonds. The van der Waals surface area contributed by atoms with Crippen molar-refractivity contribution >= 4 is 0 Å². The second kappa shape index (κ2) is 4.69. The van der Waals surface area contributed by atoms with E-state index in [2.05, 4.69) is 11.8 Å². The van der Waals surface area contributed by atoms with Gasteiger partial charge >= 0.3 is 0 Å². The average Bonchev–Trinajstić information content (AvgIpc) is 2.63. The SMILES string of the molecule is OCC#CC=C1COC2(CCCCC2)O1. The number of aliphatic hydroxyl groups is 1. The van der Waals surface area contributed by atoms with Crippen LogP contribution in [0.4, 0.5) is 0 Å². The molecule has 0 radical (unpaired) electrons. The Morgan fingerprint density at radius 1 is 1.33 bits per heavy atom. The van der Waals surface area contributed by atoms with Crippen LogP contribution in [0, 0.1) is 11.8 Å². The van der Waals surface area contributed by atoms with Crippen LogP contribution in [0.15, 0.2) is 11.8 Å². The Morgan fingerprint density at radius 2 is 2.13 bits per heavy atom. The van der Waals surface area contributed by atoms with Gasteiger partial charge in [-0.15, -0.1) is 0 Å². The van der Waals surface area contributed by atoms with Crippen molar-refractivity contribution in [2.45, 2.75) is 37.9 Å². The Hall–Kier alpha value is -0.980. The Kier molecular flexibility index (Phi) is 3.30. The molecule has 1 aliphatic carbocycles. The van der Waals surface area contributed by atoms with Gasteiger partial charge in [-0.1, -0.05) is 18.3 Å². The van der Waals surface area contributed by atoms with E-state index < -0.39 is 0 Å². The number of aliphatic hydroxyl groups excluding tert-OH is 1. The van der Waals surface area contributed by atoms with E-state index in [1.165, 1.54) is 19.3 Å². The molecular weight excluding hydrogens is 192 g/mol. The summed E-state index contributed by atoms with van der Waals surface area (Å²) in [4.78, 5) is 0. The molecule has 82 valence electrons. The van der Waals surface area contributed by atoms with E-state index in [1.54, 1.807) is 6.08 Å². The maximum atomic E-state index is 8.51. The van der Waals surface area contributed by atoms with Gasteiger partial charge in [0.1, 0.15) is 19.0 Å². The van der Waals surface area contributed by atoms with E-state index >= 15 is 0 Å². The van der Waals surface area contributed by atoms with E-state index in [1.807, 2.05) is 0 Å². The lowest BCUT2D eigenvalue weighted by atomic mass is 9.94. The lowest BCUT2D eigenvalue weighted by Gasteiger charge is -2.30. The first-order valence-electron chi connectivity index (χ1n) is 5.46. The molecule has 15 heavy (non-hydrogen) atoms. The highest BCUT2D eigenvalue weighted by atomic mass is 16.7. The van der Waals surface area contributed by atoms with Crippen LogP contribution in [-0.4, -0.2) is 24.1 Å². The summed E-state index contributed by atoms with van der Waals surface area (Å²) in [5, 5.41) is 8.51. The summed E-state index contributed by atoms with van der Waals surface area (Å²) >= 11 is 0. The molecule has 3 nitrogen and oxygen atoms in total. The predicted octanol–water partition coefficient (Wildman–Crippen LogP) is 1.57. The number of hydrogen-bond donors (Lipinski definition) is 1. The van der Waals surface area contributed by atoms with Crippen molar-refractivity contribution in [3.63, 3.8) is 0 Å². The molecule has 0 bridgehead atoms. The molecule has 3 heteroatoms. The molecule has 0 aromatic carbocycles. The summed E-state index contributed by atoms with van der Waals surface area (Å²) in [6.07, 6.45) is 7.29. The first kappa shape index (κ1) is 10.5. The molecule has 1 saturated carbocycles. The van der Waals surface area contributed by atoms with Crippen molar-refractivity contribution in [2.75, 3.05) is 13.2 Å². The van der Waals surface area contributed by atoms with Crippen LogP contribution in [0.3, 0.4) is 0 Å². The fourth-order valence-electron chi connectivity index (χ4n) is 2.09. The van der Waals surface area contributed by atoms with Gasteiger partial charge in [-0.2, -0.15) is 0 Å². The van der Waals surface area contributed by atoms with Crippen molar-refractivity contribution in [1.29, 1.82) is 0 Å². The molecule has 1 saturated heterocycles. The van der Waals surface area contributed by atoms with Crippen molar-refractivity contribution in [3.05, 3.63) is 11.8 Å². The Morgan fingerprint density at radius 3 is 2.87 bits per heavy atom. The molecule has 0 aromatic heterocycles. The summed E-state index contributed by atoms with van der Waals surface area (Å²) < 4.78 is 11.5. The fourth-order valence-corrected chi connectivity index (χ4v) is 2.09. The van der Waals surface area contributed by atoms with E-state index in [0.29, 0.717) is 6.61 Å². The van der Waals surface area contributed by atoms with Crippen molar-refractivity contribution < 1.29 is 14.6 Å². The first-order valence-corrected chi connectivity index (χ1v) is 5.46. The monoisotopic (exact) mass is 208 g/mol. The number of hydrogen-bond acceptors (Lipinski definition) is 3. The van der Waals surface area contributed by atoms with Gasteiger partial charge in [-0.3, -0.25) is 0 Å². The van der Waals surface area contributed by atoms with Crippen LogP contribution in [0.1, 0.15) is 32.1 Å². The molecule has 0 aromatic rings. The normalized spacial score (nSPS) is 26.1. The van der Waals surface area contributed by atoms with Gasteiger partial charge in [-0.05, 0) is 12.8 Å². The summed E-state index contributed by atoms with van der Waals surface area (Å²) in [6, 6.07) is 0. The topological polar surface area (TPSA) is 38.7 Å². The number of allylic oxidation sites excluding steroid dienone is 1. The Labute approximate surface area is 90.1 Å². The minimum Gasteiger partial charge on any atom is -0.464 e. The zero-order valence-electron chi connectivity index (χ0n) is 8.79. The molecule has 1 N–H and O–H groups in total. The highest BCUT2D eigenvalue weighted by Gasteiger charge is 2.40. The predicted molar refractivity (Wildman–Crippen MR) is 55.8 cm³/mol. The third-order valence-electron chi connectivity index (χ3n) is 2.82. The zero-order valence-corrected chi connectivity index (χ0v) is 8.79. The fraction of sp³-hybridized carbons (Fsp3) is 0.667. The molecule has 2 fully saturated rings. The van der Waals surface area contributed by atoms with E-state index in [0.717, 1.165) is 18.6 Å². The Balaban J connectivity index is 1.96. The number of rotatable bonds is 0. The summed E-state index contributed by atoms with van der Waals surface area (Å²) in [7, 11) is 0. The third-order valence-corrected chi connectivity index (χ3v) is 2.82. The molecular formula is C12H16O3. The van der Waals surface area contributed by atoms with Crippen molar-refractivity contribution in [3.8, 4) is 11.8 Å². The summed E-state index contributed by atoms with van der Waals surface area (Å²) in [5.41, 5.74) is 0. The first-order chi connectivity index (χ1) is 7.35. The van der Waals surface area contributed by atoms with Crippen LogP contribution < -0.4 is 0 Å². The van der Waals surface area contributed by atoms with Crippen LogP contribution in [0.2, 0.25) is 0 Å². The van der Waals surface area contributed by atoms with Gasteiger partial charge in [0, 0.05) is 18.9 Å². The highest BCUT2D eigenvalue weighted by Crippen LogP contribution is 2.38. The minimum absolute atomic E-state index is 0.115. The van der Waals surface area contributed by atoms with Crippen LogP contribution >= 0.6 is 0 Å². The van der Waals surface area contributed by atoms with Gasteiger partial charge in [0.05, 0.1) is 0 Å². The summed E-state index contributed by atoms with van der Waals surface area (Å²) in [6.45, 7) is 0.399. The van der Waals surface area contributed by atoms with E-state index in [4.69, 9.17) is 14.6 Å². The van der Waals surface area contributed by atoms with Gasteiger partial charge < -0.3 is 14.6 Å². The smallest absolute Gasteiger partial charge is 0.210 e. The quantitative estimate of drug-likeness (QED) is 0.614. The lowest BCUT2D eigenvalue weighted by molar-refractivity contribution is -0.168. The second-order valence-electron chi connectivity index (χ2n) is 3.95. The largest absolute Gasteiger partial charge is 0.464 e. The standard InChI is InChI=1S/C12H16O3/c13-9-5-2-6-11-10-14-12(15-11)7-3-1-4-8-12/h6,13H,1,3-4,7-10H2. The van der Waals surface area contributed by atoms with Gasteiger partial charge in [0.15, 0.2) is 0 Å². The minimum atomic E-state index is -0.356. The summed E-state index contributed by atoms with van der Waals surface area (Å²) in [5.74, 6) is 5.73. The molecule has 0 unspecified atom stereocenters. The molecule has 2 rings (SSSR count). The third kappa shape index (κ3) is 2.53. The average molecular weight is 208 g/mol. The van der Waals surface area contributed by atoms with Crippen molar-refractivity contribution in [1.82, 2.24) is 0 Å². The number of ether oxygens (including phenoxy) is 2. The van der Waals surface area contributed by atoms with Crippen LogP contribution in [0.25, 0.3) is 0 Å². The molecule has 1 spiro atoms. The van der Waals surface area contributed by atoms with E-state index in [-0.39, 0.29) is 12.4 Å². The molecule has 0 atom stereocenters. The molecule has 2 aliphatic rings. The van der Waals surface area contributed by atoms with Crippen molar-refractivity contribution in [2.24, 2.45) is 0 Å². The van der Waals surface area contributed by atoms with Gasteiger partial charge in [-0.25, -0.2) is 0 Å². The maximum absolute atomic E-state index is 8.51. The van der Waals surface area contributed by atoms with Gasteiger partial charge in [0.2, 0.25) is 5.79 Å². The van der Waals surface area contributed by atoms with Crippen LogP contribution in [0.5, 0.6) is 0 Å². The van der Waals surface area contributed by atoms with Crippen LogP contribution in [-0.2, 0) is 9.47 Å². The maximum Gasteiger partial charge on any atom is 0.210 e. The molecule has 1 heterocycles. The second-order valence-corrected chi connectivity index (χ2v) is 3.95. The highest BCUT2D eigenvalue weighted by molar-refractivity contribution is 5.20.